The standard InChI is InChI=1S/C24H26N2O6S/c1-16-3-5-17(6-4-16)22(27)18-9-11-25(12-10-18)23(28)20-8-7-19(15-21(20)33(2,30)31)26-13-14-32-24(26)29/h3-8,15,18H,9-14H2,1-2H3. The largest absolute Gasteiger partial charge is 0.447 e. The second-order valence-electron chi connectivity index (χ2n) is 8.52. The first kappa shape index (κ1) is 23.0. The van der Waals surface area contributed by atoms with Crippen molar-refractivity contribution in [3.05, 3.63) is 59.2 Å². The van der Waals surface area contributed by atoms with E-state index < -0.39 is 21.8 Å². The normalized spacial score (nSPS) is 17.2. The molecular weight excluding hydrogens is 444 g/mol. The van der Waals surface area contributed by atoms with E-state index >= 15 is 0 Å². The van der Waals surface area contributed by atoms with Crippen LogP contribution in [-0.2, 0) is 14.6 Å². The van der Waals surface area contributed by atoms with Crippen molar-refractivity contribution in [2.45, 2.75) is 24.7 Å². The van der Waals surface area contributed by atoms with Gasteiger partial charge in [0.25, 0.3) is 5.91 Å². The summed E-state index contributed by atoms with van der Waals surface area (Å²) in [6, 6.07) is 11.8. The molecule has 2 aliphatic rings. The van der Waals surface area contributed by atoms with Crippen molar-refractivity contribution in [2.24, 2.45) is 5.92 Å². The number of benzene rings is 2. The van der Waals surface area contributed by atoms with E-state index in [0.29, 0.717) is 43.7 Å². The number of likely N-dealkylation sites (tertiary alicyclic amines) is 1. The Kier molecular flexibility index (Phi) is 6.25. The second kappa shape index (κ2) is 8.97. The molecule has 2 saturated heterocycles. The Morgan fingerprint density at radius 3 is 2.24 bits per heavy atom. The summed E-state index contributed by atoms with van der Waals surface area (Å²) in [4.78, 5) is 40.7. The molecule has 2 aromatic rings. The zero-order chi connectivity index (χ0) is 23.8. The van der Waals surface area contributed by atoms with E-state index in [0.717, 1.165) is 11.8 Å². The lowest BCUT2D eigenvalue weighted by molar-refractivity contribution is 0.0647. The van der Waals surface area contributed by atoms with Crippen LogP contribution in [0.25, 0.3) is 0 Å². The van der Waals surface area contributed by atoms with Gasteiger partial charge in [0.2, 0.25) is 0 Å². The highest BCUT2D eigenvalue weighted by Crippen LogP contribution is 2.29. The van der Waals surface area contributed by atoms with Gasteiger partial charge in [-0.1, -0.05) is 29.8 Å². The number of hydrogen-bond donors (Lipinski definition) is 0. The van der Waals surface area contributed by atoms with Gasteiger partial charge in [-0.05, 0) is 38.0 Å². The molecular formula is C24H26N2O6S. The van der Waals surface area contributed by atoms with Gasteiger partial charge in [-0.15, -0.1) is 0 Å². The number of sulfone groups is 1. The number of carbonyl (C=O) groups is 3. The van der Waals surface area contributed by atoms with E-state index in [4.69, 9.17) is 4.74 Å². The summed E-state index contributed by atoms with van der Waals surface area (Å²) in [7, 11) is -3.73. The van der Waals surface area contributed by atoms with Gasteiger partial charge in [-0.3, -0.25) is 14.5 Å². The van der Waals surface area contributed by atoms with Crippen molar-refractivity contribution in [1.29, 1.82) is 0 Å². The molecule has 174 valence electrons. The van der Waals surface area contributed by atoms with Crippen LogP contribution in [0, 0.1) is 12.8 Å². The van der Waals surface area contributed by atoms with E-state index in [1.54, 1.807) is 11.0 Å². The van der Waals surface area contributed by atoms with Crippen molar-refractivity contribution in [3.63, 3.8) is 0 Å². The molecule has 0 N–H and O–H groups in total. The fourth-order valence-corrected chi connectivity index (χ4v) is 5.15. The molecule has 0 aliphatic carbocycles. The fourth-order valence-electron chi connectivity index (χ4n) is 4.26. The zero-order valence-corrected chi connectivity index (χ0v) is 19.4. The maximum absolute atomic E-state index is 13.2. The fraction of sp³-hybridized carbons (Fsp3) is 0.375. The number of anilines is 1. The monoisotopic (exact) mass is 470 g/mol. The third kappa shape index (κ3) is 4.78. The molecule has 0 unspecified atom stereocenters. The lowest BCUT2D eigenvalue weighted by Gasteiger charge is -2.32. The van der Waals surface area contributed by atoms with Gasteiger partial charge in [0.05, 0.1) is 17.0 Å². The highest BCUT2D eigenvalue weighted by Gasteiger charge is 2.32. The number of cyclic esters (lactones) is 1. The Bertz CT molecular complexity index is 1200. The first-order valence-corrected chi connectivity index (χ1v) is 12.7. The number of ketones is 1. The quantitative estimate of drug-likeness (QED) is 0.623. The number of aryl methyl sites for hydroxylation is 1. The van der Waals surface area contributed by atoms with Gasteiger partial charge in [-0.2, -0.15) is 0 Å². The molecule has 0 aromatic heterocycles. The van der Waals surface area contributed by atoms with Gasteiger partial charge in [0.1, 0.15) is 6.61 Å². The third-order valence-electron chi connectivity index (χ3n) is 6.16. The van der Waals surface area contributed by atoms with Crippen LogP contribution in [0.3, 0.4) is 0 Å². The summed E-state index contributed by atoms with van der Waals surface area (Å²) < 4.78 is 29.8. The molecule has 8 nitrogen and oxygen atoms in total. The van der Waals surface area contributed by atoms with Crippen LogP contribution in [0.2, 0.25) is 0 Å². The molecule has 9 heteroatoms. The first-order valence-electron chi connectivity index (χ1n) is 10.8. The summed E-state index contributed by atoms with van der Waals surface area (Å²) in [6.45, 7) is 3.24. The SMILES string of the molecule is Cc1ccc(C(=O)C2CCN(C(=O)c3ccc(N4CCOC4=O)cc3S(C)(=O)=O)CC2)cc1. The Hall–Kier alpha value is -3.20. The zero-order valence-electron chi connectivity index (χ0n) is 18.6. The third-order valence-corrected chi connectivity index (χ3v) is 7.29. The summed E-state index contributed by atoms with van der Waals surface area (Å²) in [5, 5.41) is 0. The lowest BCUT2D eigenvalue weighted by Crippen LogP contribution is -2.40. The average Bonchev–Trinajstić information content (AvgIpc) is 3.23. The Morgan fingerprint density at radius 1 is 1.00 bits per heavy atom. The van der Waals surface area contributed by atoms with Crippen molar-refractivity contribution in [1.82, 2.24) is 4.90 Å². The van der Waals surface area contributed by atoms with E-state index in [2.05, 4.69) is 0 Å². The summed E-state index contributed by atoms with van der Waals surface area (Å²) in [5.74, 6) is -0.498. The number of rotatable bonds is 5. The predicted octanol–water partition coefficient (Wildman–Crippen LogP) is 3.09. The molecule has 2 heterocycles. The molecule has 0 radical (unpaired) electrons. The van der Waals surface area contributed by atoms with Gasteiger partial charge >= 0.3 is 6.09 Å². The second-order valence-corrected chi connectivity index (χ2v) is 10.5. The summed E-state index contributed by atoms with van der Waals surface area (Å²) >= 11 is 0. The summed E-state index contributed by atoms with van der Waals surface area (Å²) in [5.41, 5.74) is 2.19. The van der Waals surface area contributed by atoms with Gasteiger partial charge in [0.15, 0.2) is 15.6 Å². The minimum atomic E-state index is -3.73. The molecule has 2 fully saturated rings. The number of nitrogens with zero attached hydrogens (tertiary/aromatic N) is 2. The molecule has 2 aliphatic heterocycles. The number of amides is 2. The Morgan fingerprint density at radius 2 is 1.67 bits per heavy atom. The lowest BCUT2D eigenvalue weighted by atomic mass is 9.88. The number of Topliss-reactive ketones (excluding diaryl/α,β-unsaturated/α-hetero) is 1. The topological polar surface area (TPSA) is 101 Å². The first-order chi connectivity index (χ1) is 15.6. The van der Waals surface area contributed by atoms with Crippen LogP contribution < -0.4 is 4.90 Å². The predicted molar refractivity (Wildman–Crippen MR) is 122 cm³/mol. The molecule has 0 bridgehead atoms. The average molecular weight is 471 g/mol. The van der Waals surface area contributed by atoms with Crippen LogP contribution in [0.15, 0.2) is 47.4 Å². The maximum Gasteiger partial charge on any atom is 0.414 e. The molecule has 33 heavy (non-hydrogen) atoms. The van der Waals surface area contributed by atoms with Gasteiger partial charge in [-0.25, -0.2) is 13.2 Å². The number of ether oxygens (including phenoxy) is 1. The Balaban J connectivity index is 1.51. The number of piperidine rings is 1. The van der Waals surface area contributed by atoms with Crippen LogP contribution in [0.4, 0.5) is 10.5 Å². The van der Waals surface area contributed by atoms with Crippen molar-refractivity contribution in [3.8, 4) is 0 Å². The number of hydrogen-bond acceptors (Lipinski definition) is 6. The van der Waals surface area contributed by atoms with Gasteiger partial charge in [0, 0.05) is 36.5 Å². The molecule has 2 aromatic carbocycles. The van der Waals surface area contributed by atoms with Crippen LogP contribution in [-0.4, -0.2) is 63.6 Å². The molecule has 2 amide bonds. The van der Waals surface area contributed by atoms with Crippen LogP contribution in [0.1, 0.15) is 39.1 Å². The number of carbonyl (C=O) groups excluding carboxylic acids is 3. The van der Waals surface area contributed by atoms with E-state index in [1.807, 2.05) is 31.2 Å². The smallest absolute Gasteiger partial charge is 0.414 e. The molecule has 4 rings (SSSR count). The van der Waals surface area contributed by atoms with Crippen molar-refractivity contribution in [2.75, 3.05) is 37.4 Å². The highest BCUT2D eigenvalue weighted by molar-refractivity contribution is 7.90. The van der Waals surface area contributed by atoms with Crippen LogP contribution >= 0.6 is 0 Å². The molecule has 0 saturated carbocycles. The molecule has 0 atom stereocenters. The van der Waals surface area contributed by atoms with E-state index in [9.17, 15) is 22.8 Å². The summed E-state index contributed by atoms with van der Waals surface area (Å²) in [6.07, 6.45) is 1.53. The van der Waals surface area contributed by atoms with Crippen molar-refractivity contribution >= 4 is 33.3 Å². The van der Waals surface area contributed by atoms with E-state index in [1.165, 1.54) is 17.0 Å². The van der Waals surface area contributed by atoms with Crippen LogP contribution in [0.5, 0.6) is 0 Å². The van der Waals surface area contributed by atoms with Crippen molar-refractivity contribution < 1.29 is 27.5 Å². The maximum atomic E-state index is 13.2. The highest BCUT2D eigenvalue weighted by atomic mass is 32.2. The minimum absolute atomic E-state index is 0.0668. The van der Waals surface area contributed by atoms with Gasteiger partial charge < -0.3 is 9.64 Å². The Labute approximate surface area is 193 Å². The van der Waals surface area contributed by atoms with E-state index in [-0.39, 0.29) is 28.8 Å². The molecule has 0 spiro atoms. The minimum Gasteiger partial charge on any atom is -0.447 e.